The van der Waals surface area contributed by atoms with Crippen LogP contribution >= 0.6 is 0 Å². The van der Waals surface area contributed by atoms with Crippen molar-refractivity contribution in [2.24, 2.45) is 11.1 Å². The maximum Gasteiger partial charge on any atom is 0.224 e. The molecule has 88 valence electrons. The normalized spacial score (nSPS) is 11.2. The summed E-state index contributed by atoms with van der Waals surface area (Å²) in [5.41, 5.74) is 7.40. The predicted octanol–water partition coefficient (Wildman–Crippen LogP) is 2.52. The molecule has 0 bridgehead atoms. The predicted molar refractivity (Wildman–Crippen MR) is 67.0 cm³/mol. The van der Waals surface area contributed by atoms with Crippen molar-refractivity contribution < 1.29 is 4.79 Å². The second kappa shape index (κ2) is 5.12. The Kier molecular flexibility index (Phi) is 4.07. The van der Waals surface area contributed by atoms with Gasteiger partial charge in [-0.25, -0.2) is 0 Å². The molecule has 0 spiro atoms. The fraction of sp³-hybridized carbons (Fsp3) is 0.462. The summed E-state index contributed by atoms with van der Waals surface area (Å²) in [6, 6.07) is 7.60. The lowest BCUT2D eigenvalue weighted by atomic mass is 9.92. The molecule has 0 atom stereocenters. The van der Waals surface area contributed by atoms with Crippen LogP contribution in [0.25, 0.3) is 0 Å². The summed E-state index contributed by atoms with van der Waals surface area (Å²) in [5.74, 6) is 0.0491. The van der Waals surface area contributed by atoms with E-state index < -0.39 is 0 Å². The van der Waals surface area contributed by atoms with E-state index in [4.69, 9.17) is 5.73 Å². The minimum Gasteiger partial charge on any atom is -0.326 e. The lowest BCUT2D eigenvalue weighted by molar-refractivity contribution is -0.117. The summed E-state index contributed by atoms with van der Waals surface area (Å²) in [5, 5.41) is 2.87. The first-order valence-electron chi connectivity index (χ1n) is 5.49. The van der Waals surface area contributed by atoms with E-state index in [2.05, 4.69) is 5.32 Å². The second-order valence-corrected chi connectivity index (χ2v) is 5.19. The van der Waals surface area contributed by atoms with Crippen LogP contribution in [0, 0.1) is 5.41 Å². The number of hydrogen-bond acceptors (Lipinski definition) is 2. The van der Waals surface area contributed by atoms with E-state index in [0.29, 0.717) is 13.0 Å². The van der Waals surface area contributed by atoms with Crippen molar-refractivity contribution in [2.75, 3.05) is 5.32 Å². The van der Waals surface area contributed by atoms with Crippen LogP contribution < -0.4 is 11.1 Å². The van der Waals surface area contributed by atoms with Gasteiger partial charge in [-0.2, -0.15) is 0 Å². The van der Waals surface area contributed by atoms with E-state index in [9.17, 15) is 4.79 Å². The van der Waals surface area contributed by atoms with E-state index in [0.717, 1.165) is 11.3 Å². The summed E-state index contributed by atoms with van der Waals surface area (Å²) in [6.45, 7) is 6.66. The molecule has 0 aromatic heterocycles. The van der Waals surface area contributed by atoms with E-state index in [1.807, 2.05) is 45.0 Å². The average Bonchev–Trinajstić information content (AvgIpc) is 2.16. The van der Waals surface area contributed by atoms with Crippen molar-refractivity contribution >= 4 is 11.6 Å². The molecule has 0 unspecified atom stereocenters. The lowest BCUT2D eigenvalue weighted by Gasteiger charge is -2.17. The van der Waals surface area contributed by atoms with Gasteiger partial charge in [-0.05, 0) is 23.1 Å². The molecule has 3 heteroatoms. The van der Waals surface area contributed by atoms with Crippen LogP contribution in [0.3, 0.4) is 0 Å². The largest absolute Gasteiger partial charge is 0.326 e. The van der Waals surface area contributed by atoms with Crippen LogP contribution in [0.15, 0.2) is 24.3 Å². The summed E-state index contributed by atoms with van der Waals surface area (Å²) in [7, 11) is 0. The summed E-state index contributed by atoms with van der Waals surface area (Å²) >= 11 is 0. The Labute approximate surface area is 97.0 Å². The average molecular weight is 220 g/mol. The van der Waals surface area contributed by atoms with E-state index in [-0.39, 0.29) is 11.3 Å². The van der Waals surface area contributed by atoms with E-state index in [1.165, 1.54) is 0 Å². The van der Waals surface area contributed by atoms with Crippen LogP contribution in [-0.4, -0.2) is 5.91 Å². The van der Waals surface area contributed by atoms with E-state index >= 15 is 0 Å². The fourth-order valence-corrected chi connectivity index (χ4v) is 1.41. The highest BCUT2D eigenvalue weighted by Gasteiger charge is 2.15. The highest BCUT2D eigenvalue weighted by Crippen LogP contribution is 2.19. The zero-order valence-corrected chi connectivity index (χ0v) is 10.2. The van der Waals surface area contributed by atoms with Gasteiger partial charge in [-0.3, -0.25) is 4.79 Å². The smallest absolute Gasteiger partial charge is 0.224 e. The molecule has 0 saturated heterocycles. The summed E-state index contributed by atoms with van der Waals surface area (Å²) in [4.78, 5) is 11.6. The summed E-state index contributed by atoms with van der Waals surface area (Å²) in [6.07, 6.45) is 0.519. The summed E-state index contributed by atoms with van der Waals surface area (Å²) < 4.78 is 0. The number of anilines is 1. The number of carbonyl (C=O) groups is 1. The van der Waals surface area contributed by atoms with Crippen LogP contribution in [0.1, 0.15) is 32.8 Å². The molecule has 16 heavy (non-hydrogen) atoms. The third kappa shape index (κ3) is 4.45. The minimum atomic E-state index is 0.0152. The lowest BCUT2D eigenvalue weighted by Crippen LogP contribution is -2.19. The topological polar surface area (TPSA) is 55.1 Å². The Bertz CT molecular complexity index is 349. The number of rotatable bonds is 3. The van der Waals surface area contributed by atoms with Crippen molar-refractivity contribution in [2.45, 2.75) is 33.7 Å². The van der Waals surface area contributed by atoms with Gasteiger partial charge in [0.1, 0.15) is 0 Å². The molecule has 1 amide bonds. The number of nitrogens with one attached hydrogen (secondary N) is 1. The Hall–Kier alpha value is -1.35. The molecule has 0 aliphatic carbocycles. The van der Waals surface area contributed by atoms with Crippen molar-refractivity contribution in [1.29, 1.82) is 0 Å². The number of amides is 1. The first-order valence-corrected chi connectivity index (χ1v) is 5.49. The van der Waals surface area contributed by atoms with Gasteiger partial charge in [-0.1, -0.05) is 32.9 Å². The van der Waals surface area contributed by atoms with Crippen LogP contribution in [0.4, 0.5) is 5.69 Å². The Balaban J connectivity index is 2.56. The molecule has 0 saturated carbocycles. The highest BCUT2D eigenvalue weighted by atomic mass is 16.1. The van der Waals surface area contributed by atoms with Crippen molar-refractivity contribution in [3.63, 3.8) is 0 Å². The van der Waals surface area contributed by atoms with Gasteiger partial charge in [0.15, 0.2) is 0 Å². The quantitative estimate of drug-likeness (QED) is 0.822. The third-order valence-corrected chi connectivity index (χ3v) is 2.16. The number of nitrogens with two attached hydrogens (primary N) is 1. The van der Waals surface area contributed by atoms with Crippen molar-refractivity contribution in [1.82, 2.24) is 0 Å². The molecular formula is C13H20N2O. The fourth-order valence-electron chi connectivity index (χ4n) is 1.41. The zero-order chi connectivity index (χ0) is 12.2. The van der Waals surface area contributed by atoms with Gasteiger partial charge in [-0.15, -0.1) is 0 Å². The number of carbonyl (C=O) groups excluding carboxylic acids is 1. The molecule has 1 aromatic carbocycles. The highest BCUT2D eigenvalue weighted by molar-refractivity contribution is 5.91. The van der Waals surface area contributed by atoms with Gasteiger partial charge < -0.3 is 11.1 Å². The first-order chi connectivity index (χ1) is 7.40. The third-order valence-electron chi connectivity index (χ3n) is 2.16. The zero-order valence-electron chi connectivity index (χ0n) is 10.2. The molecule has 0 heterocycles. The van der Waals surface area contributed by atoms with Gasteiger partial charge in [0.2, 0.25) is 5.91 Å². The standard InChI is InChI=1S/C13H20N2O/c1-13(2,3)8-12(16)15-11-6-4-10(9-14)5-7-11/h4-7H,8-9,14H2,1-3H3,(H,15,16). The molecular weight excluding hydrogens is 200 g/mol. The Morgan fingerprint density at radius 2 is 1.81 bits per heavy atom. The molecule has 0 aliphatic heterocycles. The van der Waals surface area contributed by atoms with Crippen LogP contribution in [0.2, 0.25) is 0 Å². The van der Waals surface area contributed by atoms with Crippen molar-refractivity contribution in [3.8, 4) is 0 Å². The molecule has 0 fully saturated rings. The molecule has 1 rings (SSSR count). The second-order valence-electron chi connectivity index (χ2n) is 5.19. The maximum atomic E-state index is 11.6. The van der Waals surface area contributed by atoms with Crippen molar-refractivity contribution in [3.05, 3.63) is 29.8 Å². The van der Waals surface area contributed by atoms with Crippen LogP contribution in [-0.2, 0) is 11.3 Å². The SMILES string of the molecule is CC(C)(C)CC(=O)Nc1ccc(CN)cc1. The maximum absolute atomic E-state index is 11.6. The Morgan fingerprint density at radius 1 is 1.25 bits per heavy atom. The molecule has 3 N–H and O–H groups in total. The van der Waals surface area contributed by atoms with Gasteiger partial charge >= 0.3 is 0 Å². The Morgan fingerprint density at radius 3 is 2.25 bits per heavy atom. The monoisotopic (exact) mass is 220 g/mol. The number of hydrogen-bond donors (Lipinski definition) is 2. The van der Waals surface area contributed by atoms with Gasteiger partial charge in [0.25, 0.3) is 0 Å². The van der Waals surface area contributed by atoms with Gasteiger partial charge in [0, 0.05) is 18.7 Å². The van der Waals surface area contributed by atoms with E-state index in [1.54, 1.807) is 0 Å². The molecule has 0 aliphatic rings. The molecule has 0 radical (unpaired) electrons. The first kappa shape index (κ1) is 12.7. The molecule has 1 aromatic rings. The minimum absolute atomic E-state index is 0.0152. The molecule has 3 nitrogen and oxygen atoms in total. The number of benzene rings is 1. The van der Waals surface area contributed by atoms with Crippen LogP contribution in [0.5, 0.6) is 0 Å². The van der Waals surface area contributed by atoms with Gasteiger partial charge in [0.05, 0.1) is 0 Å².